The van der Waals surface area contributed by atoms with Crippen LogP contribution in [0.25, 0.3) is 10.8 Å². The Morgan fingerprint density at radius 1 is 1.32 bits per heavy atom. The van der Waals surface area contributed by atoms with Crippen LogP contribution in [-0.4, -0.2) is 56.5 Å². The van der Waals surface area contributed by atoms with E-state index in [1.54, 1.807) is 0 Å². The second-order valence-corrected chi connectivity index (χ2v) is 5.85. The predicted molar refractivity (Wildman–Crippen MR) is 91.9 cm³/mol. The summed E-state index contributed by atoms with van der Waals surface area (Å²) in [5, 5.41) is 15.0. The van der Waals surface area contributed by atoms with Crippen LogP contribution in [-0.2, 0) is 0 Å². The van der Waals surface area contributed by atoms with Gasteiger partial charge in [0.2, 0.25) is 0 Å². The van der Waals surface area contributed by atoms with Gasteiger partial charge < -0.3 is 20.2 Å². The number of nitrogens with one attached hydrogen (secondary N) is 1. The molecule has 1 aromatic heterocycles. The molecule has 0 unspecified atom stereocenters. The Labute approximate surface area is 131 Å². The zero-order valence-electron chi connectivity index (χ0n) is 13.3. The summed E-state index contributed by atoms with van der Waals surface area (Å²) >= 11 is 0. The molecule has 1 aliphatic heterocycles. The molecular weight excluding hydrogens is 276 g/mol. The highest BCUT2D eigenvalue weighted by Gasteiger charge is 2.18. The van der Waals surface area contributed by atoms with Gasteiger partial charge >= 0.3 is 0 Å². The number of benzene rings is 1. The monoisotopic (exact) mass is 300 g/mol. The van der Waals surface area contributed by atoms with Crippen molar-refractivity contribution < 1.29 is 5.11 Å². The number of hydrogen-bond donors (Lipinski definition) is 2. The number of hydrogen-bond acceptors (Lipinski definition) is 5. The van der Waals surface area contributed by atoms with Crippen molar-refractivity contribution in [1.82, 2.24) is 10.3 Å². The molecule has 0 aliphatic carbocycles. The van der Waals surface area contributed by atoms with E-state index in [9.17, 15) is 5.11 Å². The maximum Gasteiger partial charge on any atom is 0.136 e. The molecule has 1 saturated heterocycles. The molecule has 0 atom stereocenters. The first kappa shape index (κ1) is 15.1. The molecule has 2 N–H and O–H groups in total. The van der Waals surface area contributed by atoms with E-state index in [0.717, 1.165) is 37.4 Å². The van der Waals surface area contributed by atoms with Crippen LogP contribution >= 0.6 is 0 Å². The van der Waals surface area contributed by atoms with Crippen LogP contribution in [0.5, 0.6) is 0 Å². The van der Waals surface area contributed by atoms with Gasteiger partial charge in [0.1, 0.15) is 5.82 Å². The zero-order chi connectivity index (χ0) is 15.5. The summed E-state index contributed by atoms with van der Waals surface area (Å²) in [7, 11) is 1.98. The third kappa shape index (κ3) is 2.74. The lowest BCUT2D eigenvalue weighted by atomic mass is 10.0. The van der Waals surface area contributed by atoms with Crippen LogP contribution in [0, 0.1) is 6.92 Å². The van der Waals surface area contributed by atoms with Crippen LogP contribution in [0.2, 0.25) is 0 Å². The Balaban J connectivity index is 2.13. The van der Waals surface area contributed by atoms with Crippen LogP contribution in [0.3, 0.4) is 0 Å². The molecule has 0 spiro atoms. The Kier molecular flexibility index (Phi) is 4.45. The first-order valence-electron chi connectivity index (χ1n) is 7.88. The van der Waals surface area contributed by atoms with Crippen molar-refractivity contribution in [2.24, 2.45) is 0 Å². The topological polar surface area (TPSA) is 51.6 Å². The fourth-order valence-electron chi connectivity index (χ4n) is 3.16. The molecule has 1 aromatic carbocycles. The normalized spacial score (nSPS) is 15.3. The van der Waals surface area contributed by atoms with E-state index in [1.165, 1.54) is 16.6 Å². The Bertz CT molecular complexity index is 652. The molecule has 0 bridgehead atoms. The van der Waals surface area contributed by atoms with Crippen molar-refractivity contribution in [1.29, 1.82) is 0 Å². The van der Waals surface area contributed by atoms with Gasteiger partial charge in [0.15, 0.2) is 0 Å². The van der Waals surface area contributed by atoms with Crippen molar-refractivity contribution in [3.63, 3.8) is 0 Å². The SMILES string of the molecule is Cc1cccc2c(N(C)CCO)ncc(N3CCNCC3)c12. The maximum atomic E-state index is 9.20. The van der Waals surface area contributed by atoms with Gasteiger partial charge in [-0.1, -0.05) is 18.2 Å². The molecule has 0 saturated carbocycles. The third-order valence-corrected chi connectivity index (χ3v) is 4.33. The molecule has 2 heterocycles. The standard InChI is InChI=1S/C17H24N4O/c1-13-4-3-5-14-16(13)15(21-8-6-18-7-9-21)12-19-17(14)20(2)10-11-22/h3-5,12,18,22H,6-11H2,1-2H3. The van der Waals surface area contributed by atoms with Crippen LogP contribution in [0.4, 0.5) is 11.5 Å². The van der Waals surface area contributed by atoms with Gasteiger partial charge in [-0.15, -0.1) is 0 Å². The van der Waals surface area contributed by atoms with E-state index in [-0.39, 0.29) is 6.61 Å². The van der Waals surface area contributed by atoms with Gasteiger partial charge in [-0.3, -0.25) is 0 Å². The average Bonchev–Trinajstić information content (AvgIpc) is 2.55. The van der Waals surface area contributed by atoms with E-state index in [4.69, 9.17) is 4.98 Å². The second kappa shape index (κ2) is 6.50. The third-order valence-electron chi connectivity index (χ3n) is 4.33. The van der Waals surface area contributed by atoms with E-state index in [2.05, 4.69) is 35.3 Å². The number of aliphatic hydroxyl groups excluding tert-OH is 1. The van der Waals surface area contributed by atoms with Gasteiger partial charge in [0, 0.05) is 50.5 Å². The van der Waals surface area contributed by atoms with Crippen LogP contribution in [0.1, 0.15) is 5.56 Å². The number of likely N-dealkylation sites (N-methyl/N-ethyl adjacent to an activating group) is 1. The molecule has 1 aliphatic rings. The van der Waals surface area contributed by atoms with Crippen molar-refractivity contribution in [2.45, 2.75) is 6.92 Å². The van der Waals surface area contributed by atoms with Gasteiger partial charge in [0.25, 0.3) is 0 Å². The summed E-state index contributed by atoms with van der Waals surface area (Å²) < 4.78 is 0. The fourth-order valence-corrected chi connectivity index (χ4v) is 3.16. The molecule has 0 amide bonds. The summed E-state index contributed by atoms with van der Waals surface area (Å²) in [5.74, 6) is 0.937. The summed E-state index contributed by atoms with van der Waals surface area (Å²) in [6.07, 6.45) is 1.99. The molecule has 118 valence electrons. The number of rotatable bonds is 4. The minimum atomic E-state index is 0.130. The fraction of sp³-hybridized carbons (Fsp3) is 0.471. The predicted octanol–water partition coefficient (Wildman–Crippen LogP) is 1.38. The van der Waals surface area contributed by atoms with Crippen molar-refractivity contribution in [3.8, 4) is 0 Å². The number of nitrogens with zero attached hydrogens (tertiary/aromatic N) is 3. The van der Waals surface area contributed by atoms with Gasteiger partial charge in [-0.25, -0.2) is 4.98 Å². The lowest BCUT2D eigenvalue weighted by Crippen LogP contribution is -2.43. The minimum absolute atomic E-state index is 0.130. The van der Waals surface area contributed by atoms with E-state index in [0.29, 0.717) is 6.54 Å². The largest absolute Gasteiger partial charge is 0.395 e. The van der Waals surface area contributed by atoms with Crippen molar-refractivity contribution in [2.75, 3.05) is 56.2 Å². The number of fused-ring (bicyclic) bond motifs is 1. The summed E-state index contributed by atoms with van der Waals surface area (Å²) in [5.41, 5.74) is 2.49. The lowest BCUT2D eigenvalue weighted by molar-refractivity contribution is 0.304. The van der Waals surface area contributed by atoms with E-state index in [1.807, 2.05) is 18.1 Å². The number of piperazine rings is 1. The average molecular weight is 300 g/mol. The Morgan fingerprint density at radius 3 is 2.82 bits per heavy atom. The molecule has 5 nitrogen and oxygen atoms in total. The highest BCUT2D eigenvalue weighted by Crippen LogP contribution is 2.34. The second-order valence-electron chi connectivity index (χ2n) is 5.85. The van der Waals surface area contributed by atoms with Gasteiger partial charge in [-0.2, -0.15) is 0 Å². The summed E-state index contributed by atoms with van der Waals surface area (Å²) in [6, 6.07) is 6.37. The Hall–Kier alpha value is -1.85. The van der Waals surface area contributed by atoms with E-state index < -0.39 is 0 Å². The quantitative estimate of drug-likeness (QED) is 0.893. The summed E-state index contributed by atoms with van der Waals surface area (Å²) in [6.45, 7) is 6.92. The smallest absolute Gasteiger partial charge is 0.136 e. The maximum absolute atomic E-state index is 9.20. The molecule has 22 heavy (non-hydrogen) atoms. The number of aromatic nitrogens is 1. The molecule has 0 radical (unpaired) electrons. The highest BCUT2D eigenvalue weighted by molar-refractivity contribution is 6.02. The van der Waals surface area contributed by atoms with Crippen LogP contribution in [0.15, 0.2) is 24.4 Å². The first-order chi connectivity index (χ1) is 10.7. The molecule has 3 rings (SSSR count). The van der Waals surface area contributed by atoms with Gasteiger partial charge in [0.05, 0.1) is 18.5 Å². The lowest BCUT2D eigenvalue weighted by Gasteiger charge is -2.31. The molecule has 5 heteroatoms. The van der Waals surface area contributed by atoms with Gasteiger partial charge in [-0.05, 0) is 12.5 Å². The first-order valence-corrected chi connectivity index (χ1v) is 7.88. The number of aryl methyl sites for hydroxylation is 1. The molecule has 1 fully saturated rings. The van der Waals surface area contributed by atoms with E-state index >= 15 is 0 Å². The van der Waals surface area contributed by atoms with Crippen molar-refractivity contribution in [3.05, 3.63) is 30.0 Å². The van der Waals surface area contributed by atoms with Crippen LogP contribution < -0.4 is 15.1 Å². The summed E-state index contributed by atoms with van der Waals surface area (Å²) in [4.78, 5) is 9.12. The Morgan fingerprint density at radius 2 is 2.09 bits per heavy atom. The number of anilines is 2. The molecular formula is C17H24N4O. The highest BCUT2D eigenvalue weighted by atomic mass is 16.3. The molecule has 2 aromatic rings. The zero-order valence-corrected chi connectivity index (χ0v) is 13.3. The number of aliphatic hydroxyl groups is 1. The number of pyridine rings is 1. The van der Waals surface area contributed by atoms with Crippen molar-refractivity contribution >= 4 is 22.3 Å². The minimum Gasteiger partial charge on any atom is -0.395 e.